The lowest BCUT2D eigenvalue weighted by Gasteiger charge is -2.00. The molecule has 0 saturated carbocycles. The Morgan fingerprint density at radius 1 is 1.15 bits per heavy atom. The Balaban J connectivity index is 1.77. The van der Waals surface area contributed by atoms with Gasteiger partial charge in [0.2, 0.25) is 0 Å². The van der Waals surface area contributed by atoms with Gasteiger partial charge in [0.25, 0.3) is 0 Å². The molecule has 4 rings (SSSR count). The molecule has 3 aromatic heterocycles. The van der Waals surface area contributed by atoms with Gasteiger partial charge >= 0.3 is 0 Å². The van der Waals surface area contributed by atoms with Crippen LogP contribution >= 0.6 is 11.3 Å². The first-order valence-corrected chi connectivity index (χ1v) is 9.25. The van der Waals surface area contributed by atoms with Gasteiger partial charge in [-0.3, -0.25) is 4.68 Å². The quantitative estimate of drug-likeness (QED) is 0.485. The second kappa shape index (κ2) is 7.77. The largest absolute Gasteiger partial charge is 0.267 e. The molecule has 0 unspecified atom stereocenters. The van der Waals surface area contributed by atoms with Crippen molar-refractivity contribution >= 4 is 23.0 Å². The van der Waals surface area contributed by atoms with Gasteiger partial charge in [0.1, 0.15) is 18.1 Å². The van der Waals surface area contributed by atoms with Crippen LogP contribution in [0, 0.1) is 11.3 Å². The summed E-state index contributed by atoms with van der Waals surface area (Å²) in [5.74, 6) is 0. The average molecular weight is 369 g/mol. The highest BCUT2D eigenvalue weighted by atomic mass is 32.1. The average Bonchev–Trinajstić information content (AvgIpc) is 3.37. The third-order valence-corrected chi connectivity index (χ3v) is 4.89. The number of aromatic nitrogens is 4. The first-order valence-electron chi connectivity index (χ1n) is 8.37. The number of nitriles is 1. The lowest BCUT2D eigenvalue weighted by atomic mass is 10.1. The molecule has 0 amide bonds. The van der Waals surface area contributed by atoms with Gasteiger partial charge in [0.05, 0.1) is 22.7 Å². The van der Waals surface area contributed by atoms with E-state index in [2.05, 4.69) is 28.2 Å². The summed E-state index contributed by atoms with van der Waals surface area (Å²) in [4.78, 5) is 9.17. The third-order valence-electron chi connectivity index (χ3n) is 4.01. The molecule has 6 heteroatoms. The minimum absolute atomic E-state index is 0.481. The Kier molecular flexibility index (Phi) is 4.86. The van der Waals surface area contributed by atoms with E-state index in [1.807, 2.05) is 52.7 Å². The van der Waals surface area contributed by atoms with E-state index in [0.29, 0.717) is 17.8 Å². The van der Waals surface area contributed by atoms with E-state index in [0.717, 1.165) is 16.1 Å². The SMILES string of the molecule is N#C/C(=C/c1cn(Cc2ccccc2)nc1-c1cccs1)c1ccncn1. The zero-order valence-electron chi connectivity index (χ0n) is 14.4. The van der Waals surface area contributed by atoms with Gasteiger partial charge in [-0.05, 0) is 29.2 Å². The van der Waals surface area contributed by atoms with Crippen molar-refractivity contribution in [1.82, 2.24) is 19.7 Å². The Labute approximate surface area is 160 Å². The molecule has 4 aromatic rings. The monoisotopic (exact) mass is 369 g/mol. The molecular weight excluding hydrogens is 354 g/mol. The minimum atomic E-state index is 0.481. The molecule has 0 radical (unpaired) electrons. The summed E-state index contributed by atoms with van der Waals surface area (Å²) < 4.78 is 1.91. The first-order chi connectivity index (χ1) is 13.3. The van der Waals surface area contributed by atoms with E-state index in [1.165, 1.54) is 11.9 Å². The van der Waals surface area contributed by atoms with Gasteiger partial charge in [0.15, 0.2) is 0 Å². The number of nitrogens with zero attached hydrogens (tertiary/aromatic N) is 5. The van der Waals surface area contributed by atoms with E-state index >= 15 is 0 Å². The van der Waals surface area contributed by atoms with Crippen molar-refractivity contribution in [2.24, 2.45) is 0 Å². The molecule has 0 bridgehead atoms. The summed E-state index contributed by atoms with van der Waals surface area (Å²) in [6.45, 7) is 0.669. The summed E-state index contributed by atoms with van der Waals surface area (Å²) in [7, 11) is 0. The zero-order chi connectivity index (χ0) is 18.5. The van der Waals surface area contributed by atoms with Crippen LogP contribution in [0.1, 0.15) is 16.8 Å². The molecule has 0 atom stereocenters. The van der Waals surface area contributed by atoms with Gasteiger partial charge in [-0.15, -0.1) is 11.3 Å². The molecule has 0 fully saturated rings. The molecule has 1 aromatic carbocycles. The molecule has 0 aliphatic heterocycles. The number of hydrogen-bond acceptors (Lipinski definition) is 5. The van der Waals surface area contributed by atoms with Gasteiger partial charge in [-0.25, -0.2) is 9.97 Å². The van der Waals surface area contributed by atoms with E-state index in [-0.39, 0.29) is 0 Å². The molecular formula is C21H15N5S. The second-order valence-electron chi connectivity index (χ2n) is 5.86. The maximum Gasteiger partial charge on any atom is 0.116 e. The van der Waals surface area contributed by atoms with Crippen LogP contribution in [0.2, 0.25) is 0 Å². The molecule has 0 N–H and O–H groups in total. The van der Waals surface area contributed by atoms with Crippen LogP contribution < -0.4 is 0 Å². The predicted octanol–water partition coefficient (Wildman–Crippen LogP) is 4.51. The maximum atomic E-state index is 9.60. The predicted molar refractivity (Wildman–Crippen MR) is 107 cm³/mol. The van der Waals surface area contributed by atoms with Gasteiger partial charge in [-0.2, -0.15) is 10.4 Å². The number of hydrogen-bond donors (Lipinski definition) is 0. The van der Waals surface area contributed by atoms with Crippen molar-refractivity contribution in [2.75, 3.05) is 0 Å². The van der Waals surface area contributed by atoms with Crippen LogP contribution in [0.4, 0.5) is 0 Å². The Bertz CT molecular complexity index is 1090. The van der Waals surface area contributed by atoms with Crippen LogP contribution in [-0.2, 0) is 6.54 Å². The van der Waals surface area contributed by atoms with E-state index in [9.17, 15) is 5.26 Å². The van der Waals surface area contributed by atoms with Crippen LogP contribution in [-0.4, -0.2) is 19.7 Å². The van der Waals surface area contributed by atoms with Gasteiger partial charge in [0, 0.05) is 18.0 Å². The highest BCUT2D eigenvalue weighted by molar-refractivity contribution is 7.13. The number of allylic oxidation sites excluding steroid dienone is 1. The minimum Gasteiger partial charge on any atom is -0.267 e. The fourth-order valence-electron chi connectivity index (χ4n) is 2.77. The molecule has 5 nitrogen and oxygen atoms in total. The van der Waals surface area contributed by atoms with Gasteiger partial charge in [-0.1, -0.05) is 36.4 Å². The van der Waals surface area contributed by atoms with Crippen LogP contribution in [0.15, 0.2) is 72.6 Å². The van der Waals surface area contributed by atoms with Crippen molar-refractivity contribution in [1.29, 1.82) is 5.26 Å². The third kappa shape index (κ3) is 3.84. The summed E-state index contributed by atoms with van der Waals surface area (Å²) in [5, 5.41) is 16.4. The van der Waals surface area contributed by atoms with E-state index < -0.39 is 0 Å². The van der Waals surface area contributed by atoms with Crippen LogP contribution in [0.3, 0.4) is 0 Å². The maximum absolute atomic E-state index is 9.60. The van der Waals surface area contributed by atoms with E-state index in [4.69, 9.17) is 5.10 Å². The number of rotatable bonds is 5. The topological polar surface area (TPSA) is 67.4 Å². The lowest BCUT2D eigenvalue weighted by molar-refractivity contribution is 0.689. The summed E-state index contributed by atoms with van der Waals surface area (Å²) in [6.07, 6.45) is 6.89. The number of benzene rings is 1. The first kappa shape index (κ1) is 16.9. The molecule has 0 spiro atoms. The second-order valence-corrected chi connectivity index (χ2v) is 6.81. The molecule has 3 heterocycles. The molecule has 0 saturated heterocycles. The highest BCUT2D eigenvalue weighted by Gasteiger charge is 2.13. The molecule has 0 aliphatic carbocycles. The Morgan fingerprint density at radius 3 is 2.74 bits per heavy atom. The van der Waals surface area contributed by atoms with Crippen molar-refractivity contribution in [3.63, 3.8) is 0 Å². The lowest BCUT2D eigenvalue weighted by Crippen LogP contribution is -1.99. The fourth-order valence-corrected chi connectivity index (χ4v) is 3.50. The van der Waals surface area contributed by atoms with Crippen LogP contribution in [0.25, 0.3) is 22.2 Å². The normalized spacial score (nSPS) is 11.3. The molecule has 0 aliphatic rings. The Hall–Kier alpha value is -3.56. The van der Waals surface area contributed by atoms with Crippen LogP contribution in [0.5, 0.6) is 0 Å². The summed E-state index contributed by atoms with van der Waals surface area (Å²) >= 11 is 1.63. The molecule has 27 heavy (non-hydrogen) atoms. The Morgan fingerprint density at radius 2 is 2.04 bits per heavy atom. The van der Waals surface area contributed by atoms with Crippen molar-refractivity contribution in [3.8, 4) is 16.6 Å². The standard InChI is InChI=1S/C21H15N5S/c22-12-17(19-8-9-23-15-24-19)11-18-14-26(13-16-5-2-1-3-6-16)25-21(18)20-7-4-10-27-20/h1-11,14-15H,13H2/b17-11-. The van der Waals surface area contributed by atoms with E-state index in [1.54, 1.807) is 23.6 Å². The summed E-state index contributed by atoms with van der Waals surface area (Å²) in [5.41, 5.74) is 4.01. The highest BCUT2D eigenvalue weighted by Crippen LogP contribution is 2.29. The summed E-state index contributed by atoms with van der Waals surface area (Å²) in [6, 6.07) is 18.2. The zero-order valence-corrected chi connectivity index (χ0v) is 15.2. The number of thiophene rings is 1. The van der Waals surface area contributed by atoms with Gasteiger partial charge < -0.3 is 0 Å². The van der Waals surface area contributed by atoms with Crippen molar-refractivity contribution in [3.05, 3.63) is 89.5 Å². The smallest absolute Gasteiger partial charge is 0.116 e. The molecule has 130 valence electrons. The fraction of sp³-hybridized carbons (Fsp3) is 0.0476. The van der Waals surface area contributed by atoms with Crippen molar-refractivity contribution < 1.29 is 0 Å². The van der Waals surface area contributed by atoms with Crippen molar-refractivity contribution in [2.45, 2.75) is 6.54 Å².